The second-order valence-electron chi connectivity index (χ2n) is 4.15. The molecular formula is C14H16BrNO2S. The number of rotatable bonds is 5. The molecule has 0 saturated heterocycles. The van der Waals surface area contributed by atoms with Gasteiger partial charge >= 0.3 is 0 Å². The summed E-state index contributed by atoms with van der Waals surface area (Å²) >= 11 is 5.36. The molecule has 0 aliphatic rings. The Labute approximate surface area is 125 Å². The van der Waals surface area contributed by atoms with Crippen LogP contribution in [-0.4, -0.2) is 19.2 Å². The van der Waals surface area contributed by atoms with Crippen LogP contribution in [0.3, 0.4) is 0 Å². The number of benzene rings is 1. The maximum absolute atomic E-state index is 5.31. The average molecular weight is 342 g/mol. The van der Waals surface area contributed by atoms with E-state index in [0.29, 0.717) is 0 Å². The molecule has 0 fully saturated rings. The van der Waals surface area contributed by atoms with Crippen molar-refractivity contribution in [2.75, 3.05) is 14.2 Å². The lowest BCUT2D eigenvalue weighted by Crippen LogP contribution is -1.98. The van der Waals surface area contributed by atoms with E-state index >= 15 is 0 Å². The highest BCUT2D eigenvalue weighted by Crippen LogP contribution is 2.32. The quantitative estimate of drug-likeness (QED) is 0.765. The number of hydrogen-bond acceptors (Lipinski definition) is 4. The van der Waals surface area contributed by atoms with Gasteiger partial charge in [0.25, 0.3) is 0 Å². The molecule has 2 aromatic rings. The minimum atomic E-state index is 0.218. The van der Waals surface area contributed by atoms with Gasteiger partial charge in [0.05, 0.1) is 29.7 Å². The first-order valence-electron chi connectivity index (χ1n) is 5.91. The van der Waals surface area contributed by atoms with Gasteiger partial charge in [-0.05, 0) is 31.0 Å². The summed E-state index contributed by atoms with van der Waals surface area (Å²) in [5.41, 5.74) is 2.27. The highest BCUT2D eigenvalue weighted by Gasteiger charge is 2.13. The Morgan fingerprint density at radius 2 is 2.00 bits per heavy atom. The second kappa shape index (κ2) is 6.39. The first-order valence-corrected chi connectivity index (χ1v) is 7.70. The fourth-order valence-corrected chi connectivity index (χ4v) is 3.29. The Balaban J connectivity index is 2.14. The Kier molecular flexibility index (Phi) is 4.82. The smallest absolute Gasteiger partial charge is 0.160 e. The van der Waals surface area contributed by atoms with Crippen LogP contribution in [0.5, 0.6) is 11.5 Å². The first kappa shape index (κ1) is 14.3. The third kappa shape index (κ3) is 3.48. The number of aryl methyl sites for hydroxylation is 1. The molecular weight excluding hydrogens is 326 g/mol. The van der Waals surface area contributed by atoms with Crippen molar-refractivity contribution < 1.29 is 9.47 Å². The van der Waals surface area contributed by atoms with Crippen molar-refractivity contribution >= 4 is 27.3 Å². The fraction of sp³-hybridized carbons (Fsp3) is 0.357. The highest BCUT2D eigenvalue weighted by molar-refractivity contribution is 9.09. The van der Waals surface area contributed by atoms with Crippen LogP contribution in [0.25, 0.3) is 0 Å². The lowest BCUT2D eigenvalue weighted by Gasteiger charge is -2.11. The van der Waals surface area contributed by atoms with Gasteiger partial charge in [-0.3, -0.25) is 0 Å². The number of alkyl halides is 1. The molecule has 0 aliphatic carbocycles. The van der Waals surface area contributed by atoms with Crippen LogP contribution < -0.4 is 9.47 Å². The van der Waals surface area contributed by atoms with Gasteiger partial charge in [0.1, 0.15) is 0 Å². The van der Waals surface area contributed by atoms with Gasteiger partial charge in [0.15, 0.2) is 11.5 Å². The molecule has 3 nitrogen and oxygen atoms in total. The standard InChI is InChI=1S/C14H16BrNO2S/c1-9-16-12(8-19-9)11(15)6-10-4-5-13(17-2)14(7-10)18-3/h4-5,7-8,11H,6H2,1-3H3. The summed E-state index contributed by atoms with van der Waals surface area (Å²) in [6.07, 6.45) is 0.865. The zero-order valence-corrected chi connectivity index (χ0v) is 13.5. The summed E-state index contributed by atoms with van der Waals surface area (Å²) in [6.45, 7) is 2.02. The average Bonchev–Trinajstić information content (AvgIpc) is 2.85. The number of nitrogens with zero attached hydrogens (tertiary/aromatic N) is 1. The third-order valence-corrected chi connectivity index (χ3v) is 4.41. The van der Waals surface area contributed by atoms with Gasteiger partial charge in [-0.15, -0.1) is 11.3 Å². The van der Waals surface area contributed by atoms with Crippen LogP contribution in [0, 0.1) is 6.92 Å². The van der Waals surface area contributed by atoms with Crippen LogP contribution in [0.1, 0.15) is 21.1 Å². The van der Waals surface area contributed by atoms with E-state index < -0.39 is 0 Å². The van der Waals surface area contributed by atoms with E-state index in [2.05, 4.69) is 32.4 Å². The van der Waals surface area contributed by atoms with Crippen molar-refractivity contribution in [1.29, 1.82) is 0 Å². The zero-order valence-electron chi connectivity index (χ0n) is 11.1. The molecule has 2 rings (SSSR count). The second-order valence-corrected chi connectivity index (χ2v) is 6.32. The Morgan fingerprint density at radius 3 is 2.58 bits per heavy atom. The Morgan fingerprint density at radius 1 is 1.26 bits per heavy atom. The molecule has 0 aliphatic heterocycles. The monoisotopic (exact) mass is 341 g/mol. The number of hydrogen-bond donors (Lipinski definition) is 0. The molecule has 1 aromatic carbocycles. The van der Waals surface area contributed by atoms with Crippen LogP contribution >= 0.6 is 27.3 Å². The third-order valence-electron chi connectivity index (χ3n) is 2.82. The number of methoxy groups -OCH3 is 2. The number of ether oxygens (including phenoxy) is 2. The van der Waals surface area contributed by atoms with Crippen LogP contribution in [-0.2, 0) is 6.42 Å². The number of halogens is 1. The van der Waals surface area contributed by atoms with Gasteiger partial charge in [-0.2, -0.15) is 0 Å². The van der Waals surface area contributed by atoms with Gasteiger partial charge in [0, 0.05) is 5.38 Å². The highest BCUT2D eigenvalue weighted by atomic mass is 79.9. The zero-order chi connectivity index (χ0) is 13.8. The minimum Gasteiger partial charge on any atom is -0.493 e. The molecule has 0 saturated carbocycles. The Bertz CT molecular complexity index is 556. The molecule has 1 unspecified atom stereocenters. The molecule has 1 heterocycles. The number of aromatic nitrogens is 1. The fourth-order valence-electron chi connectivity index (χ4n) is 1.84. The molecule has 5 heteroatoms. The van der Waals surface area contributed by atoms with Crippen molar-refractivity contribution in [3.8, 4) is 11.5 Å². The van der Waals surface area contributed by atoms with E-state index in [4.69, 9.17) is 9.47 Å². The van der Waals surface area contributed by atoms with Crippen molar-refractivity contribution in [3.63, 3.8) is 0 Å². The SMILES string of the molecule is COc1ccc(CC(Br)c2csc(C)n2)cc1OC. The van der Waals surface area contributed by atoms with E-state index in [0.717, 1.165) is 28.6 Å². The molecule has 0 bridgehead atoms. The van der Waals surface area contributed by atoms with E-state index in [9.17, 15) is 0 Å². The normalized spacial score (nSPS) is 12.2. The predicted molar refractivity (Wildman–Crippen MR) is 81.8 cm³/mol. The summed E-state index contributed by atoms with van der Waals surface area (Å²) < 4.78 is 10.6. The van der Waals surface area contributed by atoms with Crippen molar-refractivity contribution in [1.82, 2.24) is 4.98 Å². The van der Waals surface area contributed by atoms with E-state index in [1.807, 2.05) is 19.1 Å². The number of thiazole rings is 1. The largest absolute Gasteiger partial charge is 0.493 e. The topological polar surface area (TPSA) is 31.4 Å². The molecule has 0 amide bonds. The van der Waals surface area contributed by atoms with E-state index in [1.54, 1.807) is 25.6 Å². The lowest BCUT2D eigenvalue weighted by atomic mass is 10.1. The van der Waals surface area contributed by atoms with Crippen molar-refractivity contribution in [2.45, 2.75) is 18.2 Å². The van der Waals surface area contributed by atoms with Gasteiger partial charge in [0.2, 0.25) is 0 Å². The minimum absolute atomic E-state index is 0.218. The van der Waals surface area contributed by atoms with E-state index in [1.165, 1.54) is 5.56 Å². The Hall–Kier alpha value is -1.07. The van der Waals surface area contributed by atoms with Gasteiger partial charge in [-0.1, -0.05) is 22.0 Å². The van der Waals surface area contributed by atoms with E-state index in [-0.39, 0.29) is 4.83 Å². The predicted octanol–water partition coefficient (Wildman–Crippen LogP) is 4.15. The van der Waals surface area contributed by atoms with Crippen molar-refractivity contribution in [3.05, 3.63) is 39.8 Å². The summed E-state index contributed by atoms with van der Waals surface area (Å²) in [4.78, 5) is 4.72. The summed E-state index contributed by atoms with van der Waals surface area (Å²) in [7, 11) is 3.29. The lowest BCUT2D eigenvalue weighted by molar-refractivity contribution is 0.354. The maximum Gasteiger partial charge on any atom is 0.160 e. The molecule has 0 radical (unpaired) electrons. The van der Waals surface area contributed by atoms with Crippen LogP contribution in [0.2, 0.25) is 0 Å². The van der Waals surface area contributed by atoms with Gasteiger partial charge in [-0.25, -0.2) is 4.98 Å². The van der Waals surface area contributed by atoms with Crippen molar-refractivity contribution in [2.24, 2.45) is 0 Å². The summed E-state index contributed by atoms with van der Waals surface area (Å²) in [5, 5.41) is 3.18. The first-order chi connectivity index (χ1) is 9.13. The maximum atomic E-state index is 5.31. The molecule has 1 atom stereocenters. The molecule has 1 aromatic heterocycles. The summed E-state index contributed by atoms with van der Waals surface area (Å²) in [6, 6.07) is 5.99. The van der Waals surface area contributed by atoms with Crippen LogP contribution in [0.4, 0.5) is 0 Å². The van der Waals surface area contributed by atoms with Gasteiger partial charge < -0.3 is 9.47 Å². The molecule has 19 heavy (non-hydrogen) atoms. The summed E-state index contributed by atoms with van der Waals surface area (Å²) in [5.74, 6) is 1.51. The molecule has 102 valence electrons. The molecule has 0 spiro atoms. The van der Waals surface area contributed by atoms with Crippen LogP contribution in [0.15, 0.2) is 23.6 Å². The molecule has 0 N–H and O–H groups in total.